The maximum atomic E-state index is 13.1. The normalized spacial score (nSPS) is 13.9. The summed E-state index contributed by atoms with van der Waals surface area (Å²) >= 11 is 0. The van der Waals surface area contributed by atoms with E-state index < -0.39 is 97.5 Å². The number of unbranched alkanes of at least 4 members (excludes halogenated alkanes) is 52. The maximum absolute atomic E-state index is 13.1. The lowest BCUT2D eigenvalue weighted by Crippen LogP contribution is -2.30. The van der Waals surface area contributed by atoms with Gasteiger partial charge in [-0.1, -0.05) is 388 Å². The number of phosphoric acid groups is 2. The number of carbonyl (C=O) groups is 4. The maximum Gasteiger partial charge on any atom is 0.472 e. The van der Waals surface area contributed by atoms with Gasteiger partial charge in [0.15, 0.2) is 12.2 Å². The molecule has 0 aromatic heterocycles. The summed E-state index contributed by atoms with van der Waals surface area (Å²) in [5, 5.41) is 10.6. The summed E-state index contributed by atoms with van der Waals surface area (Å²) in [5.74, 6) is -0.669. The number of aliphatic hydroxyl groups excluding tert-OH is 1. The van der Waals surface area contributed by atoms with Gasteiger partial charge in [0, 0.05) is 25.7 Å². The molecule has 0 fully saturated rings. The van der Waals surface area contributed by atoms with Gasteiger partial charge >= 0.3 is 39.5 Å². The molecule has 0 amide bonds. The first-order chi connectivity index (χ1) is 49.4. The van der Waals surface area contributed by atoms with Gasteiger partial charge in [-0.25, -0.2) is 9.13 Å². The number of aliphatic hydroxyl groups is 1. The van der Waals surface area contributed by atoms with Crippen molar-refractivity contribution < 1.29 is 80.2 Å². The summed E-state index contributed by atoms with van der Waals surface area (Å²) in [4.78, 5) is 73.0. The first kappa shape index (κ1) is 100. The van der Waals surface area contributed by atoms with E-state index in [4.69, 9.17) is 37.0 Å². The lowest BCUT2D eigenvalue weighted by atomic mass is 10.0. The molecule has 0 radical (unpaired) electrons. The highest BCUT2D eigenvalue weighted by atomic mass is 31.2. The first-order valence-corrected chi connectivity index (χ1v) is 46.0. The molecule has 0 aromatic carbocycles. The van der Waals surface area contributed by atoms with Gasteiger partial charge in [-0.05, 0) is 37.5 Å². The molecular weight excluding hydrogens is 1330 g/mol. The molecular formula is C83H162O17P2. The Morgan fingerprint density at radius 3 is 0.667 bits per heavy atom. The second kappa shape index (κ2) is 74.5. The number of hydrogen-bond donors (Lipinski definition) is 3. The number of carbonyl (C=O) groups excluding carboxylic acids is 4. The quantitative estimate of drug-likeness (QED) is 0.0222. The van der Waals surface area contributed by atoms with Crippen molar-refractivity contribution >= 4 is 39.5 Å². The lowest BCUT2D eigenvalue weighted by molar-refractivity contribution is -0.161. The van der Waals surface area contributed by atoms with Gasteiger partial charge in [-0.15, -0.1) is 0 Å². The van der Waals surface area contributed by atoms with Crippen LogP contribution in [0, 0.1) is 11.8 Å². The van der Waals surface area contributed by atoms with Crippen molar-refractivity contribution in [1.82, 2.24) is 0 Å². The Labute approximate surface area is 626 Å². The molecule has 17 nitrogen and oxygen atoms in total. The van der Waals surface area contributed by atoms with Crippen molar-refractivity contribution in [2.24, 2.45) is 11.8 Å². The molecule has 606 valence electrons. The molecule has 0 bridgehead atoms. The molecule has 0 spiro atoms. The molecule has 0 aromatic rings. The van der Waals surface area contributed by atoms with E-state index in [2.05, 4.69) is 41.5 Å². The standard InChI is InChI=1S/C83H162O17P2/c1-7-9-11-13-15-17-19-21-23-25-27-28-29-30-32-34-36-38-42-48-55-61-67-82(87)99-78(71-93-80(85)65-59-53-47-41-37-35-33-31-26-24-22-20-18-16-14-12-10-8-2)73-97-101(89,90)95-69-77(84)70-96-102(91,92)98-74-79(72-94-81(86)66-60-54-50-44-46-52-58-64-76(5)6)100-83(88)68-62-56-49-43-39-40-45-51-57-63-75(3)4/h75-79,84H,7-74H2,1-6H3,(H,89,90)(H,91,92)/t77-,78-,79-/m1/s1. The fraction of sp³-hybridized carbons (Fsp3) is 0.952. The van der Waals surface area contributed by atoms with Crippen LogP contribution in [-0.2, 0) is 65.4 Å². The topological polar surface area (TPSA) is 237 Å². The smallest absolute Gasteiger partial charge is 0.462 e. The van der Waals surface area contributed by atoms with Crippen molar-refractivity contribution in [3.8, 4) is 0 Å². The van der Waals surface area contributed by atoms with Crippen LogP contribution < -0.4 is 0 Å². The van der Waals surface area contributed by atoms with Gasteiger partial charge in [0.1, 0.15) is 19.3 Å². The molecule has 102 heavy (non-hydrogen) atoms. The highest BCUT2D eigenvalue weighted by Gasteiger charge is 2.30. The van der Waals surface area contributed by atoms with E-state index in [9.17, 15) is 43.2 Å². The Morgan fingerprint density at radius 1 is 0.265 bits per heavy atom. The monoisotopic (exact) mass is 1490 g/mol. The Kier molecular flexibility index (Phi) is 73.1. The minimum atomic E-state index is -4.96. The lowest BCUT2D eigenvalue weighted by Gasteiger charge is -2.21. The third kappa shape index (κ3) is 76.3. The highest BCUT2D eigenvalue weighted by molar-refractivity contribution is 7.47. The van der Waals surface area contributed by atoms with Crippen molar-refractivity contribution in [2.75, 3.05) is 39.6 Å². The molecule has 5 atom stereocenters. The minimum absolute atomic E-state index is 0.105. The summed E-state index contributed by atoms with van der Waals surface area (Å²) in [5.41, 5.74) is 0. The van der Waals surface area contributed by atoms with Crippen LogP contribution in [0.2, 0.25) is 0 Å². The average Bonchev–Trinajstić information content (AvgIpc) is 0.913. The van der Waals surface area contributed by atoms with Crippen LogP contribution in [0.15, 0.2) is 0 Å². The second-order valence-corrected chi connectivity index (χ2v) is 33.7. The Balaban J connectivity index is 5.20. The SMILES string of the molecule is CCCCCCCCCCCCCCCCCCCCCCCCC(=O)O[C@H](COC(=O)CCCCCCCCCCCCCCCCCCCC)COP(=O)(O)OC[C@@H](O)COP(=O)(O)OC[C@@H](COC(=O)CCCCCCCCCC(C)C)OC(=O)CCCCCCCCCCCC(C)C. The Bertz CT molecular complexity index is 1960. The Hall–Kier alpha value is -1.94. The zero-order chi connectivity index (χ0) is 74.9. The zero-order valence-electron chi connectivity index (χ0n) is 66.9. The van der Waals surface area contributed by atoms with E-state index >= 15 is 0 Å². The summed E-state index contributed by atoms with van der Waals surface area (Å²) < 4.78 is 68.7. The van der Waals surface area contributed by atoms with Crippen molar-refractivity contribution in [1.29, 1.82) is 0 Å². The molecule has 0 rings (SSSR count). The number of rotatable bonds is 82. The van der Waals surface area contributed by atoms with Gasteiger partial charge in [-0.2, -0.15) is 0 Å². The van der Waals surface area contributed by atoms with Crippen LogP contribution in [0.3, 0.4) is 0 Å². The van der Waals surface area contributed by atoms with Crippen molar-refractivity contribution in [2.45, 2.75) is 458 Å². The summed E-state index contributed by atoms with van der Waals surface area (Å²) in [6, 6.07) is 0. The largest absolute Gasteiger partial charge is 0.472 e. The zero-order valence-corrected chi connectivity index (χ0v) is 68.7. The van der Waals surface area contributed by atoms with Crippen molar-refractivity contribution in [3.63, 3.8) is 0 Å². The van der Waals surface area contributed by atoms with Crippen LogP contribution in [0.25, 0.3) is 0 Å². The second-order valence-electron chi connectivity index (χ2n) is 30.8. The van der Waals surface area contributed by atoms with Crippen LogP contribution >= 0.6 is 15.6 Å². The van der Waals surface area contributed by atoms with Crippen LogP contribution in [0.4, 0.5) is 0 Å². The van der Waals surface area contributed by atoms with Gasteiger partial charge < -0.3 is 33.8 Å². The van der Waals surface area contributed by atoms with E-state index in [1.165, 1.54) is 250 Å². The third-order valence-electron chi connectivity index (χ3n) is 19.5. The summed E-state index contributed by atoms with van der Waals surface area (Å²) in [6.07, 6.45) is 65.6. The van der Waals surface area contributed by atoms with E-state index in [0.29, 0.717) is 31.6 Å². The first-order valence-electron chi connectivity index (χ1n) is 43.0. The van der Waals surface area contributed by atoms with E-state index in [-0.39, 0.29) is 25.7 Å². The number of phosphoric ester groups is 2. The fourth-order valence-electron chi connectivity index (χ4n) is 12.9. The van der Waals surface area contributed by atoms with Crippen LogP contribution in [-0.4, -0.2) is 96.7 Å². The van der Waals surface area contributed by atoms with Gasteiger partial charge in [0.25, 0.3) is 0 Å². The summed E-state index contributed by atoms with van der Waals surface area (Å²) in [6.45, 7) is 9.56. The third-order valence-corrected chi connectivity index (χ3v) is 21.4. The van der Waals surface area contributed by atoms with Gasteiger partial charge in [-0.3, -0.25) is 37.3 Å². The minimum Gasteiger partial charge on any atom is -0.462 e. The predicted molar refractivity (Wildman–Crippen MR) is 418 cm³/mol. The molecule has 2 unspecified atom stereocenters. The molecule has 0 aliphatic carbocycles. The summed E-state index contributed by atoms with van der Waals surface area (Å²) in [7, 11) is -9.92. The van der Waals surface area contributed by atoms with E-state index in [1.54, 1.807) is 0 Å². The number of esters is 4. The molecule has 0 saturated carbocycles. The van der Waals surface area contributed by atoms with Crippen LogP contribution in [0.5, 0.6) is 0 Å². The van der Waals surface area contributed by atoms with E-state index in [1.807, 2.05) is 0 Å². The van der Waals surface area contributed by atoms with Gasteiger partial charge in [0.05, 0.1) is 26.4 Å². The van der Waals surface area contributed by atoms with Crippen LogP contribution in [0.1, 0.15) is 440 Å². The molecule has 0 aliphatic heterocycles. The number of hydrogen-bond acceptors (Lipinski definition) is 15. The van der Waals surface area contributed by atoms with E-state index in [0.717, 1.165) is 102 Å². The molecule has 0 saturated heterocycles. The Morgan fingerprint density at radius 2 is 0.451 bits per heavy atom. The van der Waals surface area contributed by atoms with Crippen molar-refractivity contribution in [3.05, 3.63) is 0 Å². The predicted octanol–water partition coefficient (Wildman–Crippen LogP) is 25.1. The number of ether oxygens (including phenoxy) is 4. The molecule has 19 heteroatoms. The highest BCUT2D eigenvalue weighted by Crippen LogP contribution is 2.45. The van der Waals surface area contributed by atoms with Gasteiger partial charge in [0.2, 0.25) is 0 Å². The fourth-order valence-corrected chi connectivity index (χ4v) is 14.5. The average molecular weight is 1490 g/mol. The molecule has 0 aliphatic rings. The molecule has 0 heterocycles. The molecule has 3 N–H and O–H groups in total.